The van der Waals surface area contributed by atoms with Crippen LogP contribution < -0.4 is 10.1 Å². The maximum absolute atomic E-state index is 12.6. The Morgan fingerprint density at radius 3 is 2.62 bits per heavy atom. The third-order valence-corrected chi connectivity index (χ3v) is 6.52. The minimum atomic E-state index is -0.480. The van der Waals surface area contributed by atoms with Crippen molar-refractivity contribution >= 4 is 5.91 Å². The number of rotatable bonds is 9. The van der Waals surface area contributed by atoms with Crippen LogP contribution in [0.15, 0.2) is 72.8 Å². The fourth-order valence-electron chi connectivity index (χ4n) is 4.81. The van der Waals surface area contributed by atoms with Gasteiger partial charge < -0.3 is 10.1 Å². The molecular weight excluding hydrogens is 420 g/mol. The Bertz CT molecular complexity index is 1100. The first-order valence-electron chi connectivity index (χ1n) is 12.5. The monoisotopic (exact) mass is 456 g/mol. The van der Waals surface area contributed by atoms with Crippen molar-refractivity contribution in [1.82, 2.24) is 10.2 Å². The number of nitrogens with one attached hydrogen (secondary N) is 1. The molecule has 1 amide bonds. The van der Waals surface area contributed by atoms with Crippen molar-refractivity contribution in [3.63, 3.8) is 0 Å². The first-order valence-corrected chi connectivity index (χ1v) is 12.5. The van der Waals surface area contributed by atoms with Crippen LogP contribution in [0.4, 0.5) is 0 Å². The zero-order valence-corrected chi connectivity index (χ0v) is 20.6. The van der Waals surface area contributed by atoms with Gasteiger partial charge in [0.1, 0.15) is 5.75 Å². The molecule has 1 N–H and O–H groups in total. The number of benzene rings is 3. The molecule has 3 aromatic rings. The molecule has 2 atom stereocenters. The number of nitrogens with zero attached hydrogens (tertiary/aromatic N) is 1. The molecule has 1 aliphatic rings. The standard InChI is InChI=1S/C30H36N2O2/c1-4-17-31-30(33)28(5-2)34-26-15-14-24-16-18-32(21-23-11-9-10-22(3)19-23)29(27(24)20-26)25-12-7-6-8-13-25/h6-15,19-20,28-29H,4-5,16-18,21H2,1-3H3,(H,31,33)/t28-,29-/m1/s1. The number of carbonyl (C=O) groups excluding carboxylic acids is 1. The van der Waals surface area contributed by atoms with E-state index in [2.05, 4.69) is 90.8 Å². The summed E-state index contributed by atoms with van der Waals surface area (Å²) < 4.78 is 6.21. The fraction of sp³-hybridized carbons (Fsp3) is 0.367. The van der Waals surface area contributed by atoms with E-state index < -0.39 is 6.10 Å². The van der Waals surface area contributed by atoms with Crippen molar-refractivity contribution < 1.29 is 9.53 Å². The maximum atomic E-state index is 12.6. The molecule has 0 bridgehead atoms. The zero-order valence-electron chi connectivity index (χ0n) is 20.6. The molecule has 178 valence electrons. The number of amides is 1. The number of ether oxygens (including phenoxy) is 1. The lowest BCUT2D eigenvalue weighted by Crippen LogP contribution is -2.38. The van der Waals surface area contributed by atoms with Crippen LogP contribution in [0.5, 0.6) is 5.75 Å². The lowest BCUT2D eigenvalue weighted by molar-refractivity contribution is -0.128. The number of fused-ring (bicyclic) bond motifs is 1. The average Bonchev–Trinajstić information content (AvgIpc) is 2.86. The summed E-state index contributed by atoms with van der Waals surface area (Å²) >= 11 is 0. The molecule has 0 saturated heterocycles. The van der Waals surface area contributed by atoms with E-state index in [1.807, 2.05) is 13.0 Å². The van der Waals surface area contributed by atoms with E-state index in [4.69, 9.17) is 4.74 Å². The van der Waals surface area contributed by atoms with Crippen molar-refractivity contribution in [1.29, 1.82) is 0 Å². The second-order valence-electron chi connectivity index (χ2n) is 9.19. The summed E-state index contributed by atoms with van der Waals surface area (Å²) in [7, 11) is 0. The number of hydrogen-bond acceptors (Lipinski definition) is 3. The molecule has 34 heavy (non-hydrogen) atoms. The number of carbonyl (C=O) groups is 1. The fourth-order valence-corrected chi connectivity index (χ4v) is 4.81. The maximum Gasteiger partial charge on any atom is 0.261 e. The van der Waals surface area contributed by atoms with Gasteiger partial charge in [-0.15, -0.1) is 0 Å². The summed E-state index contributed by atoms with van der Waals surface area (Å²) in [6, 6.07) is 26.0. The van der Waals surface area contributed by atoms with Crippen LogP contribution in [0.3, 0.4) is 0 Å². The highest BCUT2D eigenvalue weighted by atomic mass is 16.5. The predicted molar refractivity (Wildman–Crippen MR) is 138 cm³/mol. The molecule has 0 saturated carbocycles. The highest BCUT2D eigenvalue weighted by molar-refractivity contribution is 5.81. The lowest BCUT2D eigenvalue weighted by Gasteiger charge is -2.38. The second-order valence-corrected chi connectivity index (χ2v) is 9.19. The summed E-state index contributed by atoms with van der Waals surface area (Å²) in [5.74, 6) is 0.721. The molecule has 4 nitrogen and oxygen atoms in total. The van der Waals surface area contributed by atoms with Crippen LogP contribution in [0.2, 0.25) is 0 Å². The Kier molecular flexibility index (Phi) is 8.02. The van der Waals surface area contributed by atoms with Gasteiger partial charge in [0.05, 0.1) is 6.04 Å². The average molecular weight is 457 g/mol. The molecule has 0 aromatic heterocycles. The van der Waals surface area contributed by atoms with Gasteiger partial charge in [-0.2, -0.15) is 0 Å². The minimum Gasteiger partial charge on any atom is -0.481 e. The Morgan fingerprint density at radius 1 is 1.06 bits per heavy atom. The van der Waals surface area contributed by atoms with Gasteiger partial charge in [-0.05, 0) is 60.6 Å². The first-order chi connectivity index (χ1) is 16.6. The third-order valence-electron chi connectivity index (χ3n) is 6.52. The van der Waals surface area contributed by atoms with E-state index in [-0.39, 0.29) is 11.9 Å². The van der Waals surface area contributed by atoms with E-state index in [1.165, 1.54) is 27.8 Å². The summed E-state index contributed by atoms with van der Waals surface area (Å²) in [6.07, 6.45) is 2.07. The summed E-state index contributed by atoms with van der Waals surface area (Å²) in [5.41, 5.74) is 6.52. The molecule has 0 fully saturated rings. The van der Waals surface area contributed by atoms with Crippen molar-refractivity contribution in [3.8, 4) is 5.75 Å². The summed E-state index contributed by atoms with van der Waals surface area (Å²) in [6.45, 7) is 8.75. The zero-order chi connectivity index (χ0) is 23.9. The van der Waals surface area contributed by atoms with Crippen LogP contribution in [0, 0.1) is 6.92 Å². The molecule has 1 aliphatic heterocycles. The van der Waals surface area contributed by atoms with Crippen LogP contribution in [0.25, 0.3) is 0 Å². The predicted octanol–water partition coefficient (Wildman–Crippen LogP) is 5.83. The van der Waals surface area contributed by atoms with Crippen molar-refractivity contribution in [2.75, 3.05) is 13.1 Å². The Balaban J connectivity index is 1.65. The van der Waals surface area contributed by atoms with Crippen molar-refractivity contribution in [2.24, 2.45) is 0 Å². The molecule has 4 heteroatoms. The van der Waals surface area contributed by atoms with Gasteiger partial charge in [0.15, 0.2) is 6.10 Å². The van der Waals surface area contributed by atoms with Crippen LogP contribution in [0.1, 0.15) is 60.5 Å². The van der Waals surface area contributed by atoms with Crippen LogP contribution >= 0.6 is 0 Å². The van der Waals surface area contributed by atoms with Gasteiger partial charge in [0, 0.05) is 19.6 Å². The molecule has 4 rings (SSSR count). The topological polar surface area (TPSA) is 41.6 Å². The summed E-state index contributed by atoms with van der Waals surface area (Å²) in [4.78, 5) is 15.1. The first kappa shape index (κ1) is 24.0. The van der Waals surface area contributed by atoms with Gasteiger partial charge in [0.2, 0.25) is 0 Å². The minimum absolute atomic E-state index is 0.0391. The smallest absolute Gasteiger partial charge is 0.261 e. The normalized spacial score (nSPS) is 16.5. The molecule has 0 radical (unpaired) electrons. The van der Waals surface area contributed by atoms with E-state index >= 15 is 0 Å². The molecular formula is C30H36N2O2. The third kappa shape index (κ3) is 5.68. The molecule has 3 aromatic carbocycles. The van der Waals surface area contributed by atoms with Crippen LogP contribution in [-0.4, -0.2) is 30.0 Å². The van der Waals surface area contributed by atoms with Crippen molar-refractivity contribution in [3.05, 3.63) is 101 Å². The van der Waals surface area contributed by atoms with E-state index in [0.717, 1.165) is 31.7 Å². The van der Waals surface area contributed by atoms with Crippen LogP contribution in [-0.2, 0) is 17.8 Å². The quantitative estimate of drug-likeness (QED) is 0.441. The molecule has 0 aliphatic carbocycles. The summed E-state index contributed by atoms with van der Waals surface area (Å²) in [5, 5.41) is 2.97. The highest BCUT2D eigenvalue weighted by Gasteiger charge is 2.29. The van der Waals surface area contributed by atoms with Gasteiger partial charge >= 0.3 is 0 Å². The van der Waals surface area contributed by atoms with Gasteiger partial charge in [0.25, 0.3) is 5.91 Å². The van der Waals surface area contributed by atoms with Crippen molar-refractivity contribution in [2.45, 2.75) is 58.7 Å². The largest absolute Gasteiger partial charge is 0.481 e. The SMILES string of the molecule is CCCNC(=O)[C@@H](CC)Oc1ccc2c(c1)[C@@H](c1ccccc1)N(Cc1cccc(C)c1)CC2. The van der Waals surface area contributed by atoms with E-state index in [0.29, 0.717) is 13.0 Å². The Morgan fingerprint density at radius 2 is 1.88 bits per heavy atom. The molecule has 0 spiro atoms. The Labute approximate surface area is 204 Å². The number of hydrogen-bond donors (Lipinski definition) is 1. The van der Waals surface area contributed by atoms with E-state index in [9.17, 15) is 4.79 Å². The van der Waals surface area contributed by atoms with Gasteiger partial charge in [-0.3, -0.25) is 9.69 Å². The van der Waals surface area contributed by atoms with Gasteiger partial charge in [-0.1, -0.05) is 80.1 Å². The molecule has 1 heterocycles. The number of aryl methyl sites for hydroxylation is 1. The highest BCUT2D eigenvalue weighted by Crippen LogP contribution is 2.38. The van der Waals surface area contributed by atoms with Gasteiger partial charge in [-0.25, -0.2) is 0 Å². The lowest BCUT2D eigenvalue weighted by atomic mass is 9.87. The Hall–Kier alpha value is -3.11. The van der Waals surface area contributed by atoms with E-state index in [1.54, 1.807) is 0 Å². The second kappa shape index (κ2) is 11.3. The molecule has 0 unspecified atom stereocenters.